The number of nitrogens with zero attached hydrogens (tertiary/aromatic N) is 2. The van der Waals surface area contributed by atoms with E-state index in [1.165, 1.54) is 0 Å². The predicted molar refractivity (Wildman–Crippen MR) is 73.7 cm³/mol. The van der Waals surface area contributed by atoms with Crippen LogP contribution in [0, 0.1) is 0 Å². The van der Waals surface area contributed by atoms with Crippen molar-refractivity contribution in [2.75, 3.05) is 0 Å². The Hall–Kier alpha value is -2.14. The van der Waals surface area contributed by atoms with E-state index in [1.807, 2.05) is 54.2 Å². The van der Waals surface area contributed by atoms with Gasteiger partial charge in [-0.1, -0.05) is 18.2 Å². The maximum atomic E-state index is 10.8. The molecule has 3 N–H and O–H groups in total. The number of nitrogens with two attached hydrogens (primary N) is 1. The molecular weight excluding hydrogens is 240 g/mol. The number of rotatable bonds is 6. The summed E-state index contributed by atoms with van der Waals surface area (Å²) in [7, 11) is 0. The molecule has 1 atom stereocenters. The number of benzene rings is 1. The third kappa shape index (κ3) is 3.93. The molecule has 1 aromatic carbocycles. The van der Waals surface area contributed by atoms with Crippen molar-refractivity contribution in [1.82, 2.24) is 15.1 Å². The number of amides is 1. The second-order valence-corrected chi connectivity index (χ2v) is 4.54. The highest BCUT2D eigenvalue weighted by molar-refractivity contribution is 5.74. The highest BCUT2D eigenvalue weighted by Gasteiger charge is 2.06. The number of hydrogen-bond donors (Lipinski definition) is 2. The van der Waals surface area contributed by atoms with Gasteiger partial charge in [-0.2, -0.15) is 5.10 Å². The molecule has 0 fully saturated rings. The van der Waals surface area contributed by atoms with E-state index < -0.39 is 0 Å². The molecule has 100 valence electrons. The molecular formula is C14H18N4O. The van der Waals surface area contributed by atoms with Crippen LogP contribution in [0.2, 0.25) is 0 Å². The number of hydrogen-bond acceptors (Lipinski definition) is 3. The van der Waals surface area contributed by atoms with Crippen LogP contribution in [0.4, 0.5) is 0 Å². The molecule has 0 saturated heterocycles. The lowest BCUT2D eigenvalue weighted by molar-refractivity contribution is -0.118. The van der Waals surface area contributed by atoms with E-state index in [4.69, 9.17) is 5.73 Å². The summed E-state index contributed by atoms with van der Waals surface area (Å²) in [6.45, 7) is 2.55. The fourth-order valence-electron chi connectivity index (χ4n) is 1.83. The van der Waals surface area contributed by atoms with E-state index in [9.17, 15) is 4.79 Å². The van der Waals surface area contributed by atoms with E-state index in [1.54, 1.807) is 0 Å². The fourth-order valence-corrected chi connectivity index (χ4v) is 1.83. The summed E-state index contributed by atoms with van der Waals surface area (Å²) >= 11 is 0. The number of primary amides is 1. The quantitative estimate of drug-likeness (QED) is 0.818. The molecule has 1 amide bonds. The second-order valence-electron chi connectivity index (χ2n) is 4.54. The zero-order chi connectivity index (χ0) is 13.7. The summed E-state index contributed by atoms with van der Waals surface area (Å²) in [5.74, 6) is -0.296. The van der Waals surface area contributed by atoms with Gasteiger partial charge in [0.15, 0.2) is 0 Å². The Balaban J connectivity index is 1.93. The monoisotopic (exact) mass is 258 g/mol. The third-order valence-corrected chi connectivity index (χ3v) is 2.80. The Bertz CT molecular complexity index is 535. The molecule has 0 bridgehead atoms. The summed E-state index contributed by atoms with van der Waals surface area (Å²) in [4.78, 5) is 10.8. The zero-order valence-electron chi connectivity index (χ0n) is 10.9. The van der Waals surface area contributed by atoms with Gasteiger partial charge in [-0.15, -0.1) is 0 Å². The Morgan fingerprint density at radius 3 is 2.79 bits per heavy atom. The molecule has 0 saturated carbocycles. The average Bonchev–Trinajstić information content (AvgIpc) is 2.85. The number of carbonyl (C=O) groups excluding carboxylic acids is 1. The first-order chi connectivity index (χ1) is 9.15. The Labute approximate surface area is 112 Å². The lowest BCUT2D eigenvalue weighted by Gasteiger charge is -2.10. The first-order valence-corrected chi connectivity index (χ1v) is 6.27. The van der Waals surface area contributed by atoms with E-state index in [2.05, 4.69) is 10.4 Å². The largest absolute Gasteiger partial charge is 0.370 e. The molecule has 0 aliphatic rings. The molecule has 1 aromatic heterocycles. The minimum Gasteiger partial charge on any atom is -0.370 e. The molecule has 1 unspecified atom stereocenters. The average molecular weight is 258 g/mol. The van der Waals surface area contributed by atoms with Crippen molar-refractivity contribution in [1.29, 1.82) is 0 Å². The lowest BCUT2D eigenvalue weighted by atomic mass is 10.2. The Morgan fingerprint density at radius 1 is 1.37 bits per heavy atom. The Kier molecular flexibility index (Phi) is 4.30. The minimum atomic E-state index is -0.296. The van der Waals surface area contributed by atoms with Crippen LogP contribution < -0.4 is 11.1 Å². The molecule has 2 rings (SSSR count). The van der Waals surface area contributed by atoms with Crippen LogP contribution in [0.5, 0.6) is 0 Å². The molecule has 0 aliphatic heterocycles. The van der Waals surface area contributed by atoms with Crippen LogP contribution in [0.1, 0.15) is 19.0 Å². The van der Waals surface area contributed by atoms with Crippen LogP contribution in [-0.4, -0.2) is 21.7 Å². The van der Waals surface area contributed by atoms with Gasteiger partial charge in [-0.25, -0.2) is 4.68 Å². The summed E-state index contributed by atoms with van der Waals surface area (Å²) < 4.78 is 1.83. The second kappa shape index (κ2) is 6.15. The van der Waals surface area contributed by atoms with E-state index in [0.717, 1.165) is 11.4 Å². The minimum absolute atomic E-state index is 0.0550. The van der Waals surface area contributed by atoms with Crippen molar-refractivity contribution in [2.45, 2.75) is 25.9 Å². The standard InChI is InChI=1S/C14H18N4O/c1-11(9-14(15)19)16-10-12-7-8-18(17-12)13-5-3-2-4-6-13/h2-8,11,16H,9-10H2,1H3,(H2,15,19). The van der Waals surface area contributed by atoms with E-state index in [0.29, 0.717) is 13.0 Å². The van der Waals surface area contributed by atoms with Crippen molar-refractivity contribution in [3.05, 3.63) is 48.3 Å². The maximum Gasteiger partial charge on any atom is 0.218 e. The topological polar surface area (TPSA) is 72.9 Å². The molecule has 5 heteroatoms. The van der Waals surface area contributed by atoms with Crippen LogP contribution in [0.25, 0.3) is 5.69 Å². The molecule has 0 aliphatic carbocycles. The molecule has 5 nitrogen and oxygen atoms in total. The van der Waals surface area contributed by atoms with Gasteiger partial charge in [0.05, 0.1) is 11.4 Å². The van der Waals surface area contributed by atoms with Crippen LogP contribution in [0.3, 0.4) is 0 Å². The number of para-hydroxylation sites is 1. The third-order valence-electron chi connectivity index (χ3n) is 2.80. The van der Waals surface area contributed by atoms with Gasteiger partial charge < -0.3 is 11.1 Å². The van der Waals surface area contributed by atoms with Gasteiger partial charge >= 0.3 is 0 Å². The first-order valence-electron chi connectivity index (χ1n) is 6.27. The van der Waals surface area contributed by atoms with Gasteiger partial charge in [0, 0.05) is 25.2 Å². The van der Waals surface area contributed by atoms with Gasteiger partial charge in [-0.3, -0.25) is 4.79 Å². The fraction of sp³-hybridized carbons (Fsp3) is 0.286. The predicted octanol–water partition coefficient (Wildman–Crippen LogP) is 1.23. The van der Waals surface area contributed by atoms with Crippen molar-refractivity contribution in [2.24, 2.45) is 5.73 Å². The smallest absolute Gasteiger partial charge is 0.218 e. The summed E-state index contributed by atoms with van der Waals surface area (Å²) in [5, 5.41) is 7.69. The summed E-state index contributed by atoms with van der Waals surface area (Å²) in [6, 6.07) is 11.9. The van der Waals surface area contributed by atoms with Gasteiger partial charge in [-0.05, 0) is 25.1 Å². The lowest BCUT2D eigenvalue weighted by Crippen LogP contribution is -2.30. The molecule has 2 aromatic rings. The van der Waals surface area contributed by atoms with Gasteiger partial charge in [0.25, 0.3) is 0 Å². The highest BCUT2D eigenvalue weighted by Crippen LogP contribution is 2.06. The van der Waals surface area contributed by atoms with Crippen molar-refractivity contribution in [3.8, 4) is 5.69 Å². The Morgan fingerprint density at radius 2 is 2.11 bits per heavy atom. The zero-order valence-corrected chi connectivity index (χ0v) is 10.9. The van der Waals surface area contributed by atoms with Crippen molar-refractivity contribution < 1.29 is 4.79 Å². The molecule has 0 radical (unpaired) electrons. The van der Waals surface area contributed by atoms with E-state index in [-0.39, 0.29) is 11.9 Å². The molecule has 0 spiro atoms. The highest BCUT2D eigenvalue weighted by atomic mass is 16.1. The van der Waals surface area contributed by atoms with Crippen molar-refractivity contribution in [3.63, 3.8) is 0 Å². The molecule has 1 heterocycles. The SMILES string of the molecule is CC(CC(N)=O)NCc1ccn(-c2ccccc2)n1. The molecule has 19 heavy (non-hydrogen) atoms. The van der Waals surface area contributed by atoms with E-state index >= 15 is 0 Å². The maximum absolute atomic E-state index is 10.8. The van der Waals surface area contributed by atoms with Crippen LogP contribution in [0.15, 0.2) is 42.6 Å². The van der Waals surface area contributed by atoms with Crippen molar-refractivity contribution >= 4 is 5.91 Å². The number of carbonyl (C=O) groups is 1. The first kappa shape index (κ1) is 13.3. The van der Waals surface area contributed by atoms with Crippen LogP contribution >= 0.6 is 0 Å². The van der Waals surface area contributed by atoms with Gasteiger partial charge in [0.1, 0.15) is 0 Å². The summed E-state index contributed by atoms with van der Waals surface area (Å²) in [5.41, 5.74) is 7.10. The van der Waals surface area contributed by atoms with Crippen LogP contribution in [-0.2, 0) is 11.3 Å². The van der Waals surface area contributed by atoms with Gasteiger partial charge in [0.2, 0.25) is 5.91 Å². The number of aromatic nitrogens is 2. The summed E-state index contributed by atoms with van der Waals surface area (Å²) in [6.07, 6.45) is 2.25. The normalized spacial score (nSPS) is 12.3. The number of nitrogens with one attached hydrogen (secondary N) is 1.